The summed E-state index contributed by atoms with van der Waals surface area (Å²) in [6, 6.07) is 0. The maximum Gasteiger partial charge on any atom is 0.334 e. The summed E-state index contributed by atoms with van der Waals surface area (Å²) in [7, 11) is 0. The molecule has 0 radical (unpaired) electrons. The largest absolute Gasteiger partial charge is 0.465 e. The van der Waals surface area contributed by atoms with Crippen molar-refractivity contribution in [2.24, 2.45) is 5.92 Å². The molecule has 0 saturated heterocycles. The van der Waals surface area contributed by atoms with Gasteiger partial charge in [0.15, 0.2) is 0 Å². The molecule has 0 aromatic rings. The number of rotatable bonds is 9. The lowest BCUT2D eigenvalue weighted by Gasteiger charge is -2.20. The van der Waals surface area contributed by atoms with E-state index in [4.69, 9.17) is 9.47 Å². The van der Waals surface area contributed by atoms with Crippen molar-refractivity contribution in [1.82, 2.24) is 0 Å². The van der Waals surface area contributed by atoms with Crippen molar-refractivity contribution in [3.05, 3.63) is 12.2 Å². The molecular weight excluding hydrogens is 268 g/mol. The van der Waals surface area contributed by atoms with E-state index in [1.54, 1.807) is 20.8 Å². The summed E-state index contributed by atoms with van der Waals surface area (Å²) < 4.78 is 10.4. The molecule has 0 fully saturated rings. The van der Waals surface area contributed by atoms with Crippen LogP contribution in [0.3, 0.4) is 0 Å². The van der Waals surface area contributed by atoms with Gasteiger partial charge in [0.05, 0.1) is 13.0 Å². The normalized spacial score (nSPS) is 12.6. The lowest BCUT2D eigenvalue weighted by molar-refractivity contribution is -0.153. The summed E-state index contributed by atoms with van der Waals surface area (Å²) in [4.78, 5) is 23.4. The van der Waals surface area contributed by atoms with Crippen LogP contribution in [0.1, 0.15) is 66.7 Å². The van der Waals surface area contributed by atoms with Crippen molar-refractivity contribution >= 4 is 11.9 Å². The Hall–Kier alpha value is -1.32. The minimum atomic E-state index is -0.586. The zero-order chi connectivity index (χ0) is 16.5. The molecule has 0 N–H and O–H groups in total. The monoisotopic (exact) mass is 298 g/mol. The molecule has 122 valence electrons. The number of unbranched alkanes of at least 4 members (excludes halogenated alkanes) is 1. The molecule has 0 aliphatic heterocycles. The van der Waals surface area contributed by atoms with E-state index < -0.39 is 17.5 Å². The molecule has 0 aromatic heterocycles. The van der Waals surface area contributed by atoms with Crippen molar-refractivity contribution in [3.63, 3.8) is 0 Å². The summed E-state index contributed by atoms with van der Waals surface area (Å²) in [5.74, 6) is -0.568. The summed E-state index contributed by atoms with van der Waals surface area (Å²) in [5.41, 5.74) is -0.450. The second-order valence-electron chi connectivity index (χ2n) is 6.38. The highest BCUT2D eigenvalue weighted by Gasteiger charge is 2.21. The first kappa shape index (κ1) is 19.7. The van der Waals surface area contributed by atoms with Gasteiger partial charge >= 0.3 is 11.9 Å². The number of ether oxygens (including phenoxy) is 2. The van der Waals surface area contributed by atoms with Crippen LogP contribution >= 0.6 is 0 Å². The van der Waals surface area contributed by atoms with Gasteiger partial charge in [-0.05, 0) is 33.1 Å². The molecule has 0 spiro atoms. The van der Waals surface area contributed by atoms with Gasteiger partial charge in [-0.1, -0.05) is 39.7 Å². The van der Waals surface area contributed by atoms with Gasteiger partial charge in [0.1, 0.15) is 5.60 Å². The first-order valence-electron chi connectivity index (χ1n) is 7.76. The van der Waals surface area contributed by atoms with Crippen molar-refractivity contribution in [2.75, 3.05) is 6.61 Å². The fraction of sp³-hybridized carbons (Fsp3) is 0.765. The molecule has 21 heavy (non-hydrogen) atoms. The van der Waals surface area contributed by atoms with Crippen molar-refractivity contribution in [3.8, 4) is 0 Å². The van der Waals surface area contributed by atoms with E-state index in [9.17, 15) is 9.59 Å². The lowest BCUT2D eigenvalue weighted by Crippen LogP contribution is -2.25. The van der Waals surface area contributed by atoms with E-state index in [-0.39, 0.29) is 12.0 Å². The van der Waals surface area contributed by atoms with E-state index in [1.165, 1.54) is 0 Å². The van der Waals surface area contributed by atoms with Crippen LogP contribution in [0.2, 0.25) is 0 Å². The Balaban J connectivity index is 4.13. The average molecular weight is 298 g/mol. The predicted molar refractivity (Wildman–Crippen MR) is 83.9 cm³/mol. The lowest BCUT2D eigenvalue weighted by atomic mass is 10.0. The molecule has 0 saturated carbocycles. The van der Waals surface area contributed by atoms with Gasteiger partial charge in [-0.25, -0.2) is 4.79 Å². The Morgan fingerprint density at radius 2 is 1.81 bits per heavy atom. The molecule has 0 aliphatic rings. The van der Waals surface area contributed by atoms with Crippen molar-refractivity contribution in [1.29, 1.82) is 0 Å². The number of hydrogen-bond acceptors (Lipinski definition) is 4. The van der Waals surface area contributed by atoms with Crippen LogP contribution in [0, 0.1) is 5.92 Å². The van der Waals surface area contributed by atoms with Crippen LogP contribution in [0.4, 0.5) is 0 Å². The molecule has 4 nitrogen and oxygen atoms in total. The molecule has 0 rings (SSSR count). The molecule has 0 amide bonds. The van der Waals surface area contributed by atoms with E-state index in [0.717, 1.165) is 25.7 Å². The van der Waals surface area contributed by atoms with Crippen molar-refractivity contribution in [2.45, 2.75) is 72.3 Å². The Kier molecular flexibility index (Phi) is 8.98. The van der Waals surface area contributed by atoms with Gasteiger partial charge in [0, 0.05) is 5.57 Å². The summed E-state index contributed by atoms with van der Waals surface area (Å²) in [5, 5.41) is 0. The molecule has 0 heterocycles. The Morgan fingerprint density at radius 1 is 1.19 bits per heavy atom. The maximum absolute atomic E-state index is 11.7. The highest BCUT2D eigenvalue weighted by Crippen LogP contribution is 2.15. The third kappa shape index (κ3) is 10.1. The van der Waals surface area contributed by atoms with Gasteiger partial charge < -0.3 is 9.47 Å². The fourth-order valence-corrected chi connectivity index (χ4v) is 1.76. The van der Waals surface area contributed by atoms with Gasteiger partial charge in [-0.15, -0.1) is 0 Å². The number of hydrogen-bond donors (Lipinski definition) is 0. The highest BCUT2D eigenvalue weighted by atomic mass is 16.6. The Bertz CT molecular complexity index is 352. The fourth-order valence-electron chi connectivity index (χ4n) is 1.76. The SMILES string of the molecule is C=C(CC(=O)OCC(CC)CCCC)C(=O)OC(C)(C)C. The molecule has 4 heteroatoms. The quantitative estimate of drug-likeness (QED) is 0.476. The first-order valence-corrected chi connectivity index (χ1v) is 7.76. The number of carbonyl (C=O) groups excluding carboxylic acids is 2. The average Bonchev–Trinajstić information content (AvgIpc) is 2.36. The molecule has 0 aliphatic carbocycles. The molecule has 0 bridgehead atoms. The molecule has 1 unspecified atom stereocenters. The second-order valence-corrected chi connectivity index (χ2v) is 6.38. The first-order chi connectivity index (χ1) is 9.69. The molecular formula is C17H30O4. The smallest absolute Gasteiger partial charge is 0.334 e. The summed E-state index contributed by atoms with van der Waals surface area (Å²) >= 11 is 0. The van der Waals surface area contributed by atoms with Crippen LogP contribution < -0.4 is 0 Å². The third-order valence-corrected chi connectivity index (χ3v) is 3.07. The molecule has 1 atom stereocenters. The van der Waals surface area contributed by atoms with Gasteiger partial charge in [0.2, 0.25) is 0 Å². The minimum Gasteiger partial charge on any atom is -0.465 e. The highest BCUT2D eigenvalue weighted by molar-refractivity contribution is 5.93. The van der Waals surface area contributed by atoms with Crippen LogP contribution in [-0.4, -0.2) is 24.1 Å². The minimum absolute atomic E-state index is 0.112. The van der Waals surface area contributed by atoms with Crippen LogP contribution in [-0.2, 0) is 19.1 Å². The van der Waals surface area contributed by atoms with E-state index >= 15 is 0 Å². The van der Waals surface area contributed by atoms with Crippen LogP contribution in [0.5, 0.6) is 0 Å². The second kappa shape index (κ2) is 9.59. The predicted octanol–water partition coefficient (Wildman–Crippen LogP) is 4.03. The topological polar surface area (TPSA) is 52.6 Å². The number of carbonyl (C=O) groups is 2. The summed E-state index contributed by atoms with van der Waals surface area (Å²) in [6.45, 7) is 13.6. The zero-order valence-corrected chi connectivity index (χ0v) is 14.2. The van der Waals surface area contributed by atoms with Gasteiger partial charge in [-0.3, -0.25) is 4.79 Å². The number of esters is 2. The maximum atomic E-state index is 11.7. The Morgan fingerprint density at radius 3 is 2.29 bits per heavy atom. The Labute approximate surface area is 128 Å². The van der Waals surface area contributed by atoms with Crippen LogP contribution in [0.15, 0.2) is 12.2 Å². The van der Waals surface area contributed by atoms with Crippen LogP contribution in [0.25, 0.3) is 0 Å². The van der Waals surface area contributed by atoms with Gasteiger partial charge in [0.25, 0.3) is 0 Å². The summed E-state index contributed by atoms with van der Waals surface area (Å²) in [6.07, 6.45) is 4.22. The van der Waals surface area contributed by atoms with E-state index in [1.807, 2.05) is 0 Å². The van der Waals surface area contributed by atoms with Gasteiger partial charge in [-0.2, -0.15) is 0 Å². The van der Waals surface area contributed by atoms with E-state index in [0.29, 0.717) is 12.5 Å². The third-order valence-electron chi connectivity index (χ3n) is 3.07. The zero-order valence-electron chi connectivity index (χ0n) is 14.2. The van der Waals surface area contributed by atoms with Crippen molar-refractivity contribution < 1.29 is 19.1 Å². The van der Waals surface area contributed by atoms with E-state index in [2.05, 4.69) is 20.4 Å². The standard InChI is InChI=1S/C17H30O4/c1-7-9-10-14(8-2)12-20-15(18)11-13(3)16(19)21-17(4,5)6/h14H,3,7-12H2,1-2,4-6H3. The molecule has 0 aromatic carbocycles.